The molecule has 0 aromatic heterocycles. The third-order valence-electron chi connectivity index (χ3n) is 4.16. The van der Waals surface area contributed by atoms with E-state index in [4.69, 9.17) is 4.43 Å². The van der Waals surface area contributed by atoms with Gasteiger partial charge in [0.1, 0.15) is 0 Å². The first-order valence-electron chi connectivity index (χ1n) is 6.70. The highest BCUT2D eigenvalue weighted by molar-refractivity contribution is 6.74. The Morgan fingerprint density at radius 3 is 2.25 bits per heavy atom. The van der Waals surface area contributed by atoms with Crippen LogP contribution in [0.3, 0.4) is 0 Å². The summed E-state index contributed by atoms with van der Waals surface area (Å²) < 4.78 is 6.13. The first-order chi connectivity index (χ1) is 7.33. The van der Waals surface area contributed by atoms with Crippen LogP contribution in [0.4, 0.5) is 0 Å². The summed E-state index contributed by atoms with van der Waals surface area (Å²) in [5.74, 6) is 0. The topological polar surface area (TPSA) is 21.3 Å². The molecule has 96 valence electrons. The second kappa shape index (κ2) is 5.65. The summed E-state index contributed by atoms with van der Waals surface area (Å²) in [6.07, 6.45) is 5.53. The lowest BCUT2D eigenvalue weighted by Gasteiger charge is -2.36. The van der Waals surface area contributed by atoms with E-state index in [1.54, 1.807) is 0 Å². The average Bonchev–Trinajstić information content (AvgIpc) is 2.63. The summed E-state index contributed by atoms with van der Waals surface area (Å²) in [6.45, 7) is 13.4. The highest BCUT2D eigenvalue weighted by atomic mass is 28.4. The van der Waals surface area contributed by atoms with E-state index in [1.807, 2.05) is 0 Å². The molecular weight excluding hydrogens is 214 g/mol. The molecule has 1 saturated carbocycles. The van der Waals surface area contributed by atoms with Gasteiger partial charge in [0, 0.05) is 19.2 Å². The summed E-state index contributed by atoms with van der Waals surface area (Å²) in [4.78, 5) is 0. The quantitative estimate of drug-likeness (QED) is 0.589. The second-order valence-electron chi connectivity index (χ2n) is 6.54. The van der Waals surface area contributed by atoms with Crippen molar-refractivity contribution in [3.63, 3.8) is 0 Å². The van der Waals surface area contributed by atoms with Crippen molar-refractivity contribution in [2.24, 2.45) is 0 Å². The van der Waals surface area contributed by atoms with Gasteiger partial charge in [0.15, 0.2) is 8.32 Å². The van der Waals surface area contributed by atoms with Gasteiger partial charge < -0.3 is 9.74 Å². The second-order valence-corrected chi connectivity index (χ2v) is 11.4. The fourth-order valence-electron chi connectivity index (χ4n) is 1.92. The first kappa shape index (κ1) is 14.2. The zero-order valence-corrected chi connectivity index (χ0v) is 12.7. The van der Waals surface area contributed by atoms with Crippen molar-refractivity contribution in [3.05, 3.63) is 0 Å². The van der Waals surface area contributed by atoms with Gasteiger partial charge >= 0.3 is 0 Å². The lowest BCUT2D eigenvalue weighted by Crippen LogP contribution is -2.43. The van der Waals surface area contributed by atoms with E-state index in [1.165, 1.54) is 25.7 Å². The molecule has 2 nitrogen and oxygen atoms in total. The Labute approximate surface area is 102 Å². The summed E-state index contributed by atoms with van der Waals surface area (Å²) in [6, 6.07) is 0.767. The Bertz CT molecular complexity index is 204. The largest absolute Gasteiger partial charge is 0.416 e. The predicted octanol–water partition coefficient (Wildman–Crippen LogP) is 3.54. The fourth-order valence-corrected chi connectivity index (χ4v) is 2.96. The summed E-state index contributed by atoms with van der Waals surface area (Å²) >= 11 is 0. The van der Waals surface area contributed by atoms with Crippen molar-refractivity contribution < 1.29 is 4.43 Å². The van der Waals surface area contributed by atoms with Gasteiger partial charge in [-0.15, -0.1) is 0 Å². The molecule has 1 aliphatic rings. The van der Waals surface area contributed by atoms with Gasteiger partial charge in [-0.1, -0.05) is 33.6 Å². The van der Waals surface area contributed by atoms with E-state index in [0.29, 0.717) is 5.04 Å². The molecule has 1 fully saturated rings. The third kappa shape index (κ3) is 4.19. The van der Waals surface area contributed by atoms with Gasteiger partial charge in [0.25, 0.3) is 0 Å². The molecule has 1 rings (SSSR count). The molecular formula is C13H29NOSi. The predicted molar refractivity (Wildman–Crippen MR) is 73.4 cm³/mol. The molecule has 0 spiro atoms. The zero-order chi connectivity index (χ0) is 12.2. The van der Waals surface area contributed by atoms with Crippen LogP contribution in [0.25, 0.3) is 0 Å². The van der Waals surface area contributed by atoms with Crippen molar-refractivity contribution in [1.82, 2.24) is 5.32 Å². The van der Waals surface area contributed by atoms with Crippen LogP contribution in [-0.4, -0.2) is 27.5 Å². The lowest BCUT2D eigenvalue weighted by atomic mass is 10.2. The van der Waals surface area contributed by atoms with Crippen LogP contribution < -0.4 is 5.32 Å². The van der Waals surface area contributed by atoms with Crippen molar-refractivity contribution >= 4 is 8.32 Å². The Hall–Kier alpha value is 0.137. The molecule has 0 heterocycles. The highest BCUT2D eigenvalue weighted by Crippen LogP contribution is 2.36. The maximum absolute atomic E-state index is 6.13. The Morgan fingerprint density at radius 1 is 1.19 bits per heavy atom. The smallest absolute Gasteiger partial charge is 0.192 e. The van der Waals surface area contributed by atoms with Gasteiger partial charge in [-0.25, -0.2) is 0 Å². The van der Waals surface area contributed by atoms with Crippen LogP contribution in [0.1, 0.15) is 46.5 Å². The van der Waals surface area contributed by atoms with Gasteiger partial charge in [0.05, 0.1) is 0 Å². The molecule has 0 bridgehead atoms. The molecule has 1 aliphatic carbocycles. The molecule has 3 heteroatoms. The van der Waals surface area contributed by atoms with Gasteiger partial charge in [0.2, 0.25) is 0 Å². The SMILES string of the molecule is CC(C)(C)[Si](C)(C)OCCNC1CCCC1. The van der Waals surface area contributed by atoms with E-state index in [9.17, 15) is 0 Å². The highest BCUT2D eigenvalue weighted by Gasteiger charge is 2.36. The molecule has 0 saturated heterocycles. The molecule has 0 unspecified atom stereocenters. The molecule has 0 aromatic rings. The Morgan fingerprint density at radius 2 is 1.75 bits per heavy atom. The van der Waals surface area contributed by atoms with Crippen molar-refractivity contribution in [3.8, 4) is 0 Å². The van der Waals surface area contributed by atoms with Crippen LogP contribution in [0, 0.1) is 0 Å². The first-order valence-corrected chi connectivity index (χ1v) is 9.61. The molecule has 0 aromatic carbocycles. The van der Waals surface area contributed by atoms with Crippen molar-refractivity contribution in [2.45, 2.75) is 70.6 Å². The van der Waals surface area contributed by atoms with E-state index >= 15 is 0 Å². The van der Waals surface area contributed by atoms with E-state index in [2.05, 4.69) is 39.2 Å². The van der Waals surface area contributed by atoms with Crippen LogP contribution in [-0.2, 0) is 4.43 Å². The van der Waals surface area contributed by atoms with Gasteiger partial charge in [-0.2, -0.15) is 0 Å². The summed E-state index contributed by atoms with van der Waals surface area (Å²) in [7, 11) is -1.52. The molecule has 0 atom stereocenters. The van der Waals surface area contributed by atoms with Crippen molar-refractivity contribution in [2.75, 3.05) is 13.2 Å². The monoisotopic (exact) mass is 243 g/mol. The normalized spacial score (nSPS) is 19.3. The minimum atomic E-state index is -1.52. The minimum absolute atomic E-state index is 0.334. The van der Waals surface area contributed by atoms with Gasteiger partial charge in [-0.3, -0.25) is 0 Å². The van der Waals surface area contributed by atoms with Gasteiger partial charge in [-0.05, 0) is 31.0 Å². The minimum Gasteiger partial charge on any atom is -0.416 e. The molecule has 0 radical (unpaired) electrons. The van der Waals surface area contributed by atoms with E-state index in [-0.39, 0.29) is 0 Å². The Balaban J connectivity index is 2.14. The molecule has 16 heavy (non-hydrogen) atoms. The van der Waals surface area contributed by atoms with Crippen LogP contribution in [0.2, 0.25) is 18.1 Å². The standard InChI is InChI=1S/C13H29NOSi/c1-13(2,3)16(4,5)15-11-10-14-12-8-6-7-9-12/h12,14H,6-11H2,1-5H3. The third-order valence-corrected chi connectivity index (χ3v) is 8.70. The lowest BCUT2D eigenvalue weighted by molar-refractivity contribution is 0.279. The molecule has 0 amide bonds. The number of nitrogens with one attached hydrogen (secondary N) is 1. The van der Waals surface area contributed by atoms with Crippen LogP contribution in [0.5, 0.6) is 0 Å². The van der Waals surface area contributed by atoms with Crippen LogP contribution >= 0.6 is 0 Å². The number of rotatable bonds is 5. The van der Waals surface area contributed by atoms with Crippen LogP contribution in [0.15, 0.2) is 0 Å². The Kier molecular flexibility index (Phi) is 5.01. The summed E-state index contributed by atoms with van der Waals surface area (Å²) in [5.41, 5.74) is 0. The van der Waals surface area contributed by atoms with Crippen molar-refractivity contribution in [1.29, 1.82) is 0 Å². The molecule has 0 aliphatic heterocycles. The number of hydrogen-bond donors (Lipinski definition) is 1. The maximum Gasteiger partial charge on any atom is 0.192 e. The van der Waals surface area contributed by atoms with E-state index in [0.717, 1.165) is 19.2 Å². The maximum atomic E-state index is 6.13. The molecule has 1 N–H and O–H groups in total. The average molecular weight is 243 g/mol. The summed E-state index contributed by atoms with van der Waals surface area (Å²) in [5, 5.41) is 3.94. The van der Waals surface area contributed by atoms with E-state index < -0.39 is 8.32 Å². The zero-order valence-electron chi connectivity index (χ0n) is 11.7. The fraction of sp³-hybridized carbons (Fsp3) is 1.00. The number of hydrogen-bond acceptors (Lipinski definition) is 2.